The van der Waals surface area contributed by atoms with Gasteiger partial charge in [0.05, 0.1) is 10.0 Å². The third kappa shape index (κ3) is 2.39. The van der Waals surface area contributed by atoms with Crippen LogP contribution in [0.2, 0.25) is 10.0 Å². The predicted molar refractivity (Wildman–Crippen MR) is 87.3 cm³/mol. The number of nitrogen functional groups attached to an aromatic ring is 1. The fraction of sp³-hybridized carbons (Fsp3) is 0.0625. The van der Waals surface area contributed by atoms with Crippen molar-refractivity contribution in [1.29, 1.82) is 0 Å². The van der Waals surface area contributed by atoms with E-state index >= 15 is 0 Å². The Balaban J connectivity index is 2.17. The van der Waals surface area contributed by atoms with Gasteiger partial charge in [-0.2, -0.15) is 0 Å². The lowest BCUT2D eigenvalue weighted by Gasteiger charge is -2.06. The maximum Gasteiger partial charge on any atom is 0.196 e. The summed E-state index contributed by atoms with van der Waals surface area (Å²) in [6.07, 6.45) is 1.68. The fourth-order valence-corrected chi connectivity index (χ4v) is 2.77. The second-order valence-corrected chi connectivity index (χ2v) is 5.73. The van der Waals surface area contributed by atoms with E-state index in [1.54, 1.807) is 12.3 Å². The number of hydrogen-bond donors (Lipinski definition) is 2. The molecule has 0 aliphatic rings. The molecule has 0 aliphatic heterocycles. The highest BCUT2D eigenvalue weighted by atomic mass is 35.5. The molecule has 0 amide bonds. The minimum Gasteiger partial charge on any atom is -0.399 e. The first-order valence-electron chi connectivity index (χ1n) is 6.34. The first-order chi connectivity index (χ1) is 9.97. The Kier molecular flexibility index (Phi) is 3.40. The number of nitrogens with one attached hydrogen (secondary N) is 1. The highest BCUT2D eigenvalue weighted by Gasteiger charge is 2.19. The Labute approximate surface area is 131 Å². The smallest absolute Gasteiger partial charge is 0.196 e. The molecule has 5 heteroatoms. The fourth-order valence-electron chi connectivity index (χ4n) is 2.35. The van der Waals surface area contributed by atoms with Gasteiger partial charge in [-0.25, -0.2) is 0 Å². The van der Waals surface area contributed by atoms with Crippen molar-refractivity contribution in [2.45, 2.75) is 6.92 Å². The van der Waals surface area contributed by atoms with Gasteiger partial charge in [-0.05, 0) is 30.7 Å². The van der Waals surface area contributed by atoms with Gasteiger partial charge in [-0.1, -0.05) is 35.3 Å². The number of anilines is 1. The quantitative estimate of drug-likeness (QED) is 0.536. The van der Waals surface area contributed by atoms with Gasteiger partial charge in [0, 0.05) is 33.9 Å². The molecule has 2 aromatic carbocycles. The number of carbonyl (C=O) groups excluding carboxylic acids is 1. The lowest BCUT2D eigenvalue weighted by atomic mass is 10.0. The van der Waals surface area contributed by atoms with Crippen molar-refractivity contribution in [3.8, 4) is 0 Å². The highest BCUT2D eigenvalue weighted by Crippen LogP contribution is 2.32. The Hall–Kier alpha value is -1.97. The number of hydrogen-bond acceptors (Lipinski definition) is 2. The van der Waals surface area contributed by atoms with Crippen LogP contribution in [-0.4, -0.2) is 10.8 Å². The van der Waals surface area contributed by atoms with Crippen molar-refractivity contribution in [3.63, 3.8) is 0 Å². The number of aromatic amines is 1. The number of H-pyrrole nitrogens is 1. The summed E-state index contributed by atoms with van der Waals surface area (Å²) in [5.41, 5.74) is 9.04. The van der Waals surface area contributed by atoms with Crippen LogP contribution in [0, 0.1) is 6.92 Å². The average molecular weight is 319 g/mol. The first kappa shape index (κ1) is 14.0. The van der Waals surface area contributed by atoms with E-state index in [0.717, 1.165) is 16.5 Å². The summed E-state index contributed by atoms with van der Waals surface area (Å²) < 4.78 is 0. The van der Waals surface area contributed by atoms with Crippen molar-refractivity contribution >= 4 is 45.6 Å². The summed E-state index contributed by atoms with van der Waals surface area (Å²) in [4.78, 5) is 15.8. The monoisotopic (exact) mass is 318 g/mol. The molecule has 0 bridgehead atoms. The number of ketones is 1. The number of aryl methyl sites for hydroxylation is 1. The number of benzene rings is 2. The number of aromatic nitrogens is 1. The van der Waals surface area contributed by atoms with Crippen LogP contribution in [0.3, 0.4) is 0 Å². The Bertz CT molecular complexity index is 868. The van der Waals surface area contributed by atoms with Crippen LogP contribution in [0.15, 0.2) is 36.5 Å². The zero-order chi connectivity index (χ0) is 15.1. The second-order valence-electron chi connectivity index (χ2n) is 4.94. The number of halogens is 2. The zero-order valence-corrected chi connectivity index (χ0v) is 12.7. The lowest BCUT2D eigenvalue weighted by molar-refractivity contribution is 0.104. The minimum atomic E-state index is -0.204. The summed E-state index contributed by atoms with van der Waals surface area (Å²) in [7, 11) is 0. The van der Waals surface area contributed by atoms with E-state index in [9.17, 15) is 4.79 Å². The molecule has 21 heavy (non-hydrogen) atoms. The van der Waals surface area contributed by atoms with Crippen LogP contribution in [0.4, 0.5) is 5.69 Å². The van der Waals surface area contributed by atoms with Gasteiger partial charge in [-0.3, -0.25) is 4.79 Å². The Morgan fingerprint density at radius 3 is 2.67 bits per heavy atom. The molecule has 1 aromatic heterocycles. The number of nitrogens with two attached hydrogens (primary N) is 1. The molecule has 106 valence electrons. The van der Waals surface area contributed by atoms with Crippen LogP contribution in [0.5, 0.6) is 0 Å². The van der Waals surface area contributed by atoms with E-state index in [1.165, 1.54) is 6.07 Å². The summed E-state index contributed by atoms with van der Waals surface area (Å²) >= 11 is 12.1. The first-order valence-corrected chi connectivity index (χ1v) is 7.10. The van der Waals surface area contributed by atoms with Gasteiger partial charge in [0.25, 0.3) is 0 Å². The van der Waals surface area contributed by atoms with Crippen LogP contribution < -0.4 is 5.73 Å². The third-order valence-corrected chi connectivity index (χ3v) is 4.18. The summed E-state index contributed by atoms with van der Waals surface area (Å²) in [5.74, 6) is -0.204. The van der Waals surface area contributed by atoms with Gasteiger partial charge in [0.1, 0.15) is 0 Å². The molecule has 0 radical (unpaired) electrons. The Morgan fingerprint density at radius 2 is 1.90 bits per heavy atom. The number of carbonyl (C=O) groups is 1. The normalized spacial score (nSPS) is 11.0. The molecule has 0 atom stereocenters. The van der Waals surface area contributed by atoms with Gasteiger partial charge >= 0.3 is 0 Å². The topological polar surface area (TPSA) is 58.9 Å². The maximum atomic E-state index is 12.7. The van der Waals surface area contributed by atoms with E-state index in [0.29, 0.717) is 16.8 Å². The van der Waals surface area contributed by atoms with Crippen molar-refractivity contribution in [3.05, 3.63) is 63.3 Å². The summed E-state index contributed by atoms with van der Waals surface area (Å²) in [6, 6.07) is 8.93. The highest BCUT2D eigenvalue weighted by molar-refractivity contribution is 6.44. The summed E-state index contributed by atoms with van der Waals surface area (Å²) in [6.45, 7) is 2.00. The van der Waals surface area contributed by atoms with Crippen LogP contribution >= 0.6 is 23.2 Å². The van der Waals surface area contributed by atoms with Crippen molar-refractivity contribution in [2.75, 3.05) is 5.73 Å². The molecule has 0 unspecified atom stereocenters. The van der Waals surface area contributed by atoms with Gasteiger partial charge in [0.15, 0.2) is 5.78 Å². The van der Waals surface area contributed by atoms with E-state index in [1.807, 2.05) is 25.1 Å². The van der Waals surface area contributed by atoms with E-state index in [2.05, 4.69) is 4.98 Å². The van der Waals surface area contributed by atoms with Crippen LogP contribution in [0.1, 0.15) is 21.5 Å². The molecular formula is C16H12Cl2N2O. The molecule has 3 N–H and O–H groups in total. The second kappa shape index (κ2) is 5.10. The average Bonchev–Trinajstić information content (AvgIpc) is 2.84. The molecule has 3 aromatic rings. The van der Waals surface area contributed by atoms with Gasteiger partial charge in [0.2, 0.25) is 0 Å². The van der Waals surface area contributed by atoms with Gasteiger partial charge < -0.3 is 10.7 Å². The largest absolute Gasteiger partial charge is 0.399 e. The standard InChI is InChI=1S/C16H12Cl2N2O/c1-8-2-3-10-12(7-20-14(10)4-8)16(21)11-5-9(19)6-13(17)15(11)18/h2-7,20H,19H2,1H3. The van der Waals surface area contributed by atoms with Gasteiger partial charge in [-0.15, -0.1) is 0 Å². The van der Waals surface area contributed by atoms with Crippen molar-refractivity contribution < 1.29 is 4.79 Å². The SMILES string of the molecule is Cc1ccc2c(C(=O)c3cc(N)cc(Cl)c3Cl)c[nH]c2c1. The number of rotatable bonds is 2. The van der Waals surface area contributed by atoms with E-state index in [-0.39, 0.29) is 15.8 Å². The molecule has 0 fully saturated rings. The molecule has 1 heterocycles. The molecule has 0 aliphatic carbocycles. The predicted octanol–water partition coefficient (Wildman–Crippen LogP) is 4.60. The molecule has 0 spiro atoms. The maximum absolute atomic E-state index is 12.7. The van der Waals surface area contributed by atoms with Crippen LogP contribution in [0.25, 0.3) is 10.9 Å². The van der Waals surface area contributed by atoms with Crippen LogP contribution in [-0.2, 0) is 0 Å². The Morgan fingerprint density at radius 1 is 1.14 bits per heavy atom. The summed E-state index contributed by atoms with van der Waals surface area (Å²) in [5, 5.41) is 1.34. The van der Waals surface area contributed by atoms with E-state index in [4.69, 9.17) is 28.9 Å². The number of fused-ring (bicyclic) bond motifs is 1. The molecular weight excluding hydrogens is 307 g/mol. The molecule has 0 saturated heterocycles. The zero-order valence-electron chi connectivity index (χ0n) is 11.2. The van der Waals surface area contributed by atoms with Crippen molar-refractivity contribution in [1.82, 2.24) is 4.98 Å². The van der Waals surface area contributed by atoms with Crippen molar-refractivity contribution in [2.24, 2.45) is 0 Å². The lowest BCUT2D eigenvalue weighted by Crippen LogP contribution is -2.03. The minimum absolute atomic E-state index is 0.204. The molecule has 0 saturated carbocycles. The molecule has 3 rings (SSSR count). The van der Waals surface area contributed by atoms with E-state index < -0.39 is 0 Å². The molecule has 3 nitrogen and oxygen atoms in total. The third-order valence-electron chi connectivity index (χ3n) is 3.38.